The molecule has 2 rings (SSSR count). The number of halogens is 1. The van der Waals surface area contributed by atoms with Gasteiger partial charge in [0.05, 0.1) is 0 Å². The molecular weight excluding hydrogens is 387 g/mol. The lowest BCUT2D eigenvalue weighted by atomic mass is 10.2. The molecule has 22 heavy (non-hydrogen) atoms. The van der Waals surface area contributed by atoms with Crippen molar-refractivity contribution < 1.29 is 0 Å². The van der Waals surface area contributed by atoms with Gasteiger partial charge in [-0.3, -0.25) is 4.99 Å². The lowest BCUT2D eigenvalue weighted by Gasteiger charge is -2.18. The molecule has 1 aromatic rings. The highest BCUT2D eigenvalue weighted by molar-refractivity contribution is 14.0. The Morgan fingerprint density at radius 3 is 2.41 bits per heavy atom. The minimum absolute atomic E-state index is 0. The third-order valence-corrected chi connectivity index (χ3v) is 3.63. The van der Waals surface area contributed by atoms with Crippen molar-refractivity contribution >= 4 is 35.6 Å². The molecule has 0 amide bonds. The molecule has 0 saturated heterocycles. The van der Waals surface area contributed by atoms with Crippen molar-refractivity contribution in [3.63, 3.8) is 0 Å². The Morgan fingerprint density at radius 2 is 1.82 bits per heavy atom. The third-order valence-electron chi connectivity index (χ3n) is 3.63. The fourth-order valence-electron chi connectivity index (χ4n) is 2.30. The molecule has 0 fully saturated rings. The summed E-state index contributed by atoms with van der Waals surface area (Å²) in [5.41, 5.74) is 2.55. The van der Waals surface area contributed by atoms with Gasteiger partial charge in [-0.15, -0.1) is 24.0 Å². The predicted octanol–water partition coefficient (Wildman–Crippen LogP) is 3.15. The summed E-state index contributed by atoms with van der Waals surface area (Å²) in [6.45, 7) is 5.99. The molecule has 0 unspecified atom stereocenters. The molecule has 0 spiro atoms. The van der Waals surface area contributed by atoms with Gasteiger partial charge in [-0.1, -0.05) is 37.6 Å². The van der Waals surface area contributed by atoms with Crippen LogP contribution < -0.4 is 15.5 Å². The lowest BCUT2D eigenvalue weighted by molar-refractivity contribution is 0.729. The van der Waals surface area contributed by atoms with Crippen molar-refractivity contribution in [2.75, 3.05) is 31.6 Å². The summed E-state index contributed by atoms with van der Waals surface area (Å²) in [7, 11) is 1.81. The smallest absolute Gasteiger partial charge is 0.191 e. The van der Waals surface area contributed by atoms with Gasteiger partial charge in [0.15, 0.2) is 5.96 Å². The van der Waals surface area contributed by atoms with E-state index in [1.54, 1.807) is 0 Å². The number of guanidine groups is 1. The van der Waals surface area contributed by atoms with Crippen LogP contribution >= 0.6 is 24.0 Å². The standard InChI is InChI=1S/C17H26N4.HI/c1-3-4-11-19-17(18-2)20-14-15-7-9-16(10-8-15)21-12-5-6-13-21;/h5-10H,3-4,11-14H2,1-2H3,(H2,18,19,20);1H. The third kappa shape index (κ3) is 5.87. The second kappa shape index (κ2) is 10.5. The van der Waals surface area contributed by atoms with Crippen LogP contribution in [0.25, 0.3) is 0 Å². The topological polar surface area (TPSA) is 39.7 Å². The number of aliphatic imine (C=N–C) groups is 1. The van der Waals surface area contributed by atoms with Gasteiger partial charge in [0.2, 0.25) is 0 Å². The highest BCUT2D eigenvalue weighted by atomic mass is 127. The Hall–Kier alpha value is -1.24. The van der Waals surface area contributed by atoms with E-state index in [-0.39, 0.29) is 24.0 Å². The van der Waals surface area contributed by atoms with Crippen LogP contribution in [0.3, 0.4) is 0 Å². The summed E-state index contributed by atoms with van der Waals surface area (Å²) < 4.78 is 0. The average molecular weight is 414 g/mol. The number of benzene rings is 1. The Bertz CT molecular complexity index is 474. The summed E-state index contributed by atoms with van der Waals surface area (Å²) in [5, 5.41) is 6.67. The molecule has 1 heterocycles. The molecule has 0 radical (unpaired) electrons. The lowest BCUT2D eigenvalue weighted by Crippen LogP contribution is -2.37. The largest absolute Gasteiger partial charge is 0.364 e. The molecule has 0 aliphatic carbocycles. The molecule has 0 aromatic heterocycles. The maximum Gasteiger partial charge on any atom is 0.191 e. The second-order valence-corrected chi connectivity index (χ2v) is 5.25. The van der Waals surface area contributed by atoms with Crippen molar-refractivity contribution in [3.05, 3.63) is 42.0 Å². The molecule has 5 heteroatoms. The zero-order valence-electron chi connectivity index (χ0n) is 13.5. The van der Waals surface area contributed by atoms with Gasteiger partial charge in [0.1, 0.15) is 0 Å². The van der Waals surface area contributed by atoms with Crippen LogP contribution in [0.5, 0.6) is 0 Å². The number of unbranched alkanes of at least 4 members (excludes halogenated alkanes) is 1. The first-order chi connectivity index (χ1) is 10.3. The summed E-state index contributed by atoms with van der Waals surface area (Å²) in [4.78, 5) is 6.58. The van der Waals surface area contributed by atoms with E-state index < -0.39 is 0 Å². The summed E-state index contributed by atoms with van der Waals surface area (Å²) in [6.07, 6.45) is 6.78. The molecular formula is C17H27IN4. The molecule has 0 saturated carbocycles. The SMILES string of the molecule is CCCCNC(=NC)NCc1ccc(N2CC=CC2)cc1.I. The normalized spacial score (nSPS) is 13.9. The Kier molecular flexibility index (Phi) is 8.96. The number of hydrogen-bond donors (Lipinski definition) is 2. The van der Waals surface area contributed by atoms with Gasteiger partial charge >= 0.3 is 0 Å². The first-order valence-electron chi connectivity index (χ1n) is 7.77. The van der Waals surface area contributed by atoms with E-state index in [1.807, 2.05) is 7.05 Å². The van der Waals surface area contributed by atoms with Crippen LogP contribution in [0, 0.1) is 0 Å². The maximum absolute atomic E-state index is 4.23. The average Bonchev–Trinajstić information content (AvgIpc) is 3.06. The zero-order valence-corrected chi connectivity index (χ0v) is 15.8. The van der Waals surface area contributed by atoms with Crippen LogP contribution in [0.15, 0.2) is 41.4 Å². The van der Waals surface area contributed by atoms with Gasteiger partial charge in [0.25, 0.3) is 0 Å². The number of rotatable bonds is 6. The van der Waals surface area contributed by atoms with Crippen molar-refractivity contribution in [3.8, 4) is 0 Å². The van der Waals surface area contributed by atoms with E-state index >= 15 is 0 Å². The monoisotopic (exact) mass is 414 g/mol. The van der Waals surface area contributed by atoms with Gasteiger partial charge in [-0.2, -0.15) is 0 Å². The van der Waals surface area contributed by atoms with E-state index in [0.717, 1.165) is 32.1 Å². The van der Waals surface area contributed by atoms with Crippen LogP contribution in [0.1, 0.15) is 25.3 Å². The number of nitrogens with one attached hydrogen (secondary N) is 2. The van der Waals surface area contributed by atoms with E-state index in [2.05, 4.69) is 63.9 Å². The Balaban J connectivity index is 0.00000242. The molecule has 122 valence electrons. The van der Waals surface area contributed by atoms with E-state index in [1.165, 1.54) is 24.1 Å². The summed E-state index contributed by atoms with van der Waals surface area (Å²) in [5.74, 6) is 0.872. The minimum Gasteiger partial charge on any atom is -0.364 e. The van der Waals surface area contributed by atoms with Crippen LogP contribution in [0.4, 0.5) is 5.69 Å². The van der Waals surface area contributed by atoms with Crippen molar-refractivity contribution in [1.29, 1.82) is 0 Å². The van der Waals surface area contributed by atoms with Crippen molar-refractivity contribution in [2.24, 2.45) is 4.99 Å². The van der Waals surface area contributed by atoms with E-state index in [4.69, 9.17) is 0 Å². The molecule has 1 aliphatic heterocycles. The van der Waals surface area contributed by atoms with Crippen molar-refractivity contribution in [2.45, 2.75) is 26.3 Å². The zero-order chi connectivity index (χ0) is 14.9. The Morgan fingerprint density at radius 1 is 1.14 bits per heavy atom. The van der Waals surface area contributed by atoms with Crippen LogP contribution in [-0.4, -0.2) is 32.6 Å². The van der Waals surface area contributed by atoms with E-state index in [9.17, 15) is 0 Å². The summed E-state index contributed by atoms with van der Waals surface area (Å²) >= 11 is 0. The molecule has 4 nitrogen and oxygen atoms in total. The molecule has 2 N–H and O–H groups in total. The van der Waals surface area contributed by atoms with Gasteiger partial charge in [0, 0.05) is 38.9 Å². The quantitative estimate of drug-likeness (QED) is 0.247. The minimum atomic E-state index is 0. The van der Waals surface area contributed by atoms with Gasteiger partial charge in [-0.05, 0) is 24.1 Å². The van der Waals surface area contributed by atoms with Gasteiger partial charge < -0.3 is 15.5 Å². The van der Waals surface area contributed by atoms with Crippen LogP contribution in [-0.2, 0) is 6.54 Å². The molecule has 1 aromatic carbocycles. The molecule has 0 atom stereocenters. The number of hydrogen-bond acceptors (Lipinski definition) is 2. The van der Waals surface area contributed by atoms with E-state index in [0.29, 0.717) is 0 Å². The second-order valence-electron chi connectivity index (χ2n) is 5.25. The first-order valence-corrected chi connectivity index (χ1v) is 7.77. The van der Waals surface area contributed by atoms with Crippen LogP contribution in [0.2, 0.25) is 0 Å². The fraction of sp³-hybridized carbons (Fsp3) is 0.471. The van der Waals surface area contributed by atoms with Crippen molar-refractivity contribution in [1.82, 2.24) is 10.6 Å². The highest BCUT2D eigenvalue weighted by Gasteiger charge is 2.07. The highest BCUT2D eigenvalue weighted by Crippen LogP contribution is 2.17. The summed E-state index contributed by atoms with van der Waals surface area (Å²) in [6, 6.07) is 8.74. The molecule has 0 bridgehead atoms. The maximum atomic E-state index is 4.23. The Labute approximate surface area is 151 Å². The first kappa shape index (κ1) is 18.8. The number of anilines is 1. The molecule has 1 aliphatic rings. The fourth-order valence-corrected chi connectivity index (χ4v) is 2.30. The van der Waals surface area contributed by atoms with Gasteiger partial charge in [-0.25, -0.2) is 0 Å². The number of nitrogens with zero attached hydrogens (tertiary/aromatic N) is 2. The predicted molar refractivity (Wildman–Crippen MR) is 106 cm³/mol.